The van der Waals surface area contributed by atoms with Crippen molar-refractivity contribution in [3.8, 4) is 17.6 Å². The zero-order valence-electron chi connectivity index (χ0n) is 17.0. The molecule has 0 heterocycles. The number of benzene rings is 3. The van der Waals surface area contributed by atoms with Crippen molar-refractivity contribution in [1.82, 2.24) is 0 Å². The zero-order chi connectivity index (χ0) is 23.1. The van der Waals surface area contributed by atoms with Gasteiger partial charge in [0, 0.05) is 17.2 Å². The Hall–Kier alpha value is -3.53. The summed E-state index contributed by atoms with van der Waals surface area (Å²) in [7, 11) is 0. The maximum Gasteiger partial charge on any atom is 0.269 e. The Morgan fingerprint density at radius 1 is 1.09 bits per heavy atom. The smallest absolute Gasteiger partial charge is 0.269 e. The number of hydrogen-bond acceptors (Lipinski definition) is 5. The predicted octanol–water partition coefficient (Wildman–Crippen LogP) is 6.94. The largest absolute Gasteiger partial charge is 0.490 e. The van der Waals surface area contributed by atoms with Crippen molar-refractivity contribution in [2.75, 3.05) is 6.61 Å². The minimum Gasteiger partial charge on any atom is -0.490 e. The molecule has 0 saturated heterocycles. The van der Waals surface area contributed by atoms with Crippen LogP contribution in [0.1, 0.15) is 23.6 Å². The van der Waals surface area contributed by atoms with Crippen LogP contribution >= 0.6 is 23.2 Å². The minimum atomic E-state index is -0.458. The number of halogens is 2. The fourth-order valence-electron chi connectivity index (χ4n) is 2.92. The summed E-state index contributed by atoms with van der Waals surface area (Å²) in [6.45, 7) is 2.38. The molecule has 0 unspecified atom stereocenters. The van der Waals surface area contributed by atoms with E-state index in [1.807, 2.05) is 6.92 Å². The van der Waals surface area contributed by atoms with Crippen LogP contribution in [0, 0.1) is 21.4 Å². The third kappa shape index (κ3) is 5.79. The van der Waals surface area contributed by atoms with Crippen molar-refractivity contribution in [2.45, 2.75) is 13.5 Å². The van der Waals surface area contributed by atoms with Gasteiger partial charge in [-0.1, -0.05) is 35.3 Å². The fraction of sp³-hybridized carbons (Fsp3) is 0.125. The van der Waals surface area contributed by atoms with E-state index in [-0.39, 0.29) is 12.3 Å². The molecule has 0 bridgehead atoms. The summed E-state index contributed by atoms with van der Waals surface area (Å²) in [6, 6.07) is 18.7. The molecule has 0 saturated carbocycles. The number of non-ortho nitro benzene ring substituents is 1. The van der Waals surface area contributed by atoms with E-state index in [0.717, 1.165) is 11.1 Å². The van der Waals surface area contributed by atoms with Crippen LogP contribution < -0.4 is 9.47 Å². The highest BCUT2D eigenvalue weighted by atomic mass is 35.5. The van der Waals surface area contributed by atoms with E-state index in [1.54, 1.807) is 54.6 Å². The Labute approximate surface area is 195 Å². The molecule has 8 heteroatoms. The van der Waals surface area contributed by atoms with E-state index < -0.39 is 4.92 Å². The molecule has 0 aromatic heterocycles. The van der Waals surface area contributed by atoms with E-state index in [2.05, 4.69) is 6.07 Å². The third-order valence-electron chi connectivity index (χ3n) is 4.45. The summed E-state index contributed by atoms with van der Waals surface area (Å²) < 4.78 is 11.6. The average Bonchev–Trinajstić information content (AvgIpc) is 2.78. The van der Waals surface area contributed by atoms with Crippen LogP contribution in [0.15, 0.2) is 60.7 Å². The highest BCUT2D eigenvalue weighted by Gasteiger charge is 2.14. The summed E-state index contributed by atoms with van der Waals surface area (Å²) in [5.74, 6) is 0.788. The van der Waals surface area contributed by atoms with Crippen LogP contribution in [-0.4, -0.2) is 11.5 Å². The second kappa shape index (κ2) is 10.7. The van der Waals surface area contributed by atoms with Crippen molar-refractivity contribution in [3.63, 3.8) is 0 Å². The summed E-state index contributed by atoms with van der Waals surface area (Å²) in [4.78, 5) is 10.3. The highest BCUT2D eigenvalue weighted by molar-refractivity contribution is 6.32. The molecule has 0 aliphatic carbocycles. The van der Waals surface area contributed by atoms with Gasteiger partial charge in [-0.25, -0.2) is 0 Å². The number of rotatable bonds is 8. The first-order valence-corrected chi connectivity index (χ1v) is 10.4. The Balaban J connectivity index is 1.87. The molecule has 0 amide bonds. The molecular formula is C24H18Cl2N2O4. The van der Waals surface area contributed by atoms with Gasteiger partial charge in [0.1, 0.15) is 6.61 Å². The van der Waals surface area contributed by atoms with Gasteiger partial charge in [-0.2, -0.15) is 5.26 Å². The van der Waals surface area contributed by atoms with Crippen LogP contribution in [0.25, 0.3) is 11.6 Å². The van der Waals surface area contributed by atoms with Gasteiger partial charge in [0.25, 0.3) is 5.69 Å². The number of nitro benzene ring substituents is 1. The van der Waals surface area contributed by atoms with Gasteiger partial charge in [0.2, 0.25) is 0 Å². The number of allylic oxidation sites excluding steroid dienone is 1. The van der Waals surface area contributed by atoms with Gasteiger partial charge >= 0.3 is 0 Å². The van der Waals surface area contributed by atoms with Crippen LogP contribution in [0.5, 0.6) is 11.5 Å². The molecule has 0 radical (unpaired) electrons. The summed E-state index contributed by atoms with van der Waals surface area (Å²) in [5, 5.41) is 21.3. The van der Waals surface area contributed by atoms with Crippen LogP contribution in [0.2, 0.25) is 10.0 Å². The Morgan fingerprint density at radius 3 is 2.38 bits per heavy atom. The number of nitriles is 1. The van der Waals surface area contributed by atoms with Gasteiger partial charge in [0.05, 0.1) is 28.2 Å². The highest BCUT2D eigenvalue weighted by Crippen LogP contribution is 2.38. The van der Waals surface area contributed by atoms with Crippen LogP contribution in [0.3, 0.4) is 0 Å². The van der Waals surface area contributed by atoms with E-state index in [1.165, 1.54) is 12.1 Å². The lowest BCUT2D eigenvalue weighted by molar-refractivity contribution is -0.384. The molecule has 3 rings (SSSR count). The summed E-state index contributed by atoms with van der Waals surface area (Å²) >= 11 is 12.4. The first-order chi connectivity index (χ1) is 15.4. The first-order valence-electron chi connectivity index (χ1n) is 9.61. The molecule has 0 N–H and O–H groups in total. The molecule has 162 valence electrons. The third-order valence-corrected chi connectivity index (χ3v) is 4.98. The van der Waals surface area contributed by atoms with Crippen molar-refractivity contribution in [1.29, 1.82) is 5.26 Å². The van der Waals surface area contributed by atoms with Crippen molar-refractivity contribution >= 4 is 40.5 Å². The molecular weight excluding hydrogens is 451 g/mol. The first kappa shape index (κ1) is 23.1. The van der Waals surface area contributed by atoms with Crippen LogP contribution in [0.4, 0.5) is 5.69 Å². The summed E-state index contributed by atoms with van der Waals surface area (Å²) in [6.07, 6.45) is 1.71. The van der Waals surface area contributed by atoms with E-state index in [9.17, 15) is 15.4 Å². The second-order valence-corrected chi connectivity index (χ2v) is 7.50. The quantitative estimate of drug-likeness (QED) is 0.154. The van der Waals surface area contributed by atoms with Gasteiger partial charge < -0.3 is 9.47 Å². The molecule has 6 nitrogen and oxygen atoms in total. The lowest BCUT2D eigenvalue weighted by Gasteiger charge is -2.15. The fourth-order valence-corrected chi connectivity index (χ4v) is 3.32. The maximum absolute atomic E-state index is 10.8. The molecule has 0 fully saturated rings. The number of ether oxygens (including phenoxy) is 2. The van der Waals surface area contributed by atoms with E-state index in [0.29, 0.717) is 39.3 Å². The Bertz CT molecular complexity index is 1180. The molecule has 32 heavy (non-hydrogen) atoms. The molecule has 3 aromatic carbocycles. The SMILES string of the molecule is CCOc1cc(/C=C(\C#N)c2ccc(Cl)cc2)cc(Cl)c1OCc1ccc([N+](=O)[O-])cc1. The van der Waals surface area contributed by atoms with Crippen molar-refractivity contribution < 1.29 is 14.4 Å². The van der Waals surface area contributed by atoms with E-state index >= 15 is 0 Å². The molecule has 0 aliphatic rings. The van der Waals surface area contributed by atoms with Gasteiger partial charge in [-0.05, 0) is 66.1 Å². The molecule has 3 aromatic rings. The molecule has 0 aliphatic heterocycles. The Kier molecular flexibility index (Phi) is 7.72. The second-order valence-electron chi connectivity index (χ2n) is 6.65. The zero-order valence-corrected chi connectivity index (χ0v) is 18.6. The van der Waals surface area contributed by atoms with Gasteiger partial charge in [-0.3, -0.25) is 10.1 Å². The van der Waals surface area contributed by atoms with Gasteiger partial charge in [-0.15, -0.1) is 0 Å². The maximum atomic E-state index is 10.8. The lowest BCUT2D eigenvalue weighted by atomic mass is 10.0. The topological polar surface area (TPSA) is 85.4 Å². The van der Waals surface area contributed by atoms with E-state index in [4.69, 9.17) is 32.7 Å². The Morgan fingerprint density at radius 2 is 1.78 bits per heavy atom. The summed E-state index contributed by atoms with van der Waals surface area (Å²) in [5.41, 5.74) is 2.59. The minimum absolute atomic E-state index is 0.00640. The van der Waals surface area contributed by atoms with Crippen LogP contribution in [-0.2, 0) is 6.61 Å². The van der Waals surface area contributed by atoms with Crippen molar-refractivity contribution in [2.24, 2.45) is 0 Å². The van der Waals surface area contributed by atoms with Gasteiger partial charge in [0.15, 0.2) is 11.5 Å². The molecule has 0 spiro atoms. The standard InChI is InChI=1S/C24H18Cl2N2O4/c1-2-31-23-13-17(11-19(14-27)18-5-7-20(25)8-6-18)12-22(26)24(23)32-15-16-3-9-21(10-4-16)28(29)30/h3-13H,2,15H2,1H3/b19-11+. The monoisotopic (exact) mass is 468 g/mol. The predicted molar refractivity (Wildman–Crippen MR) is 125 cm³/mol. The number of nitro groups is 1. The van der Waals surface area contributed by atoms with Crippen molar-refractivity contribution in [3.05, 3.63) is 97.5 Å². The normalized spacial score (nSPS) is 11.0. The number of hydrogen-bond donors (Lipinski definition) is 0. The molecule has 0 atom stereocenters. The lowest BCUT2D eigenvalue weighted by Crippen LogP contribution is -2.01. The average molecular weight is 469 g/mol. The number of nitrogens with zero attached hydrogens (tertiary/aromatic N) is 2.